The number of amides is 3. The van der Waals surface area contributed by atoms with Gasteiger partial charge in [0.25, 0.3) is 5.91 Å². The molecule has 0 aliphatic rings. The summed E-state index contributed by atoms with van der Waals surface area (Å²) in [6.07, 6.45) is 0. The number of anilines is 1. The summed E-state index contributed by atoms with van der Waals surface area (Å²) in [7, 11) is 0. The Labute approximate surface area is 178 Å². The van der Waals surface area contributed by atoms with Crippen molar-refractivity contribution in [1.82, 2.24) is 16.2 Å². The fourth-order valence-corrected chi connectivity index (χ4v) is 3.72. The molecule has 0 atom stereocenters. The number of halogens is 2. The number of rotatable bonds is 4. The number of benzene rings is 2. The Bertz CT molecular complexity index is 826. The third-order valence-corrected chi connectivity index (χ3v) is 4.37. The lowest BCUT2D eigenvalue weighted by Crippen LogP contribution is -2.50. The van der Waals surface area contributed by atoms with Gasteiger partial charge in [-0.1, -0.05) is 34.1 Å². The number of hydrazine groups is 1. The molecule has 10 heteroatoms. The Hall–Kier alpha value is -2.17. The van der Waals surface area contributed by atoms with Crippen LogP contribution < -0.4 is 26.2 Å². The Kier molecular flexibility index (Phi) is 8.01. The van der Waals surface area contributed by atoms with Crippen LogP contribution in [0.4, 0.5) is 10.5 Å². The van der Waals surface area contributed by atoms with Crippen molar-refractivity contribution in [3.63, 3.8) is 0 Å². The van der Waals surface area contributed by atoms with E-state index in [1.54, 1.807) is 24.3 Å². The number of carbonyl (C=O) groups is 2. The van der Waals surface area contributed by atoms with Gasteiger partial charge in [-0.25, -0.2) is 10.2 Å². The quantitative estimate of drug-likeness (QED) is 0.368. The first kappa shape index (κ1) is 21.1. The molecule has 27 heavy (non-hydrogen) atoms. The lowest BCUT2D eigenvalue weighted by atomic mass is 10.2. The van der Waals surface area contributed by atoms with Gasteiger partial charge in [0, 0.05) is 10.2 Å². The first-order valence-corrected chi connectivity index (χ1v) is 9.65. The number of thiocarbonyl (C=S) groups is 1. The van der Waals surface area contributed by atoms with E-state index in [-0.39, 0.29) is 11.7 Å². The van der Waals surface area contributed by atoms with E-state index < -0.39 is 11.9 Å². The van der Waals surface area contributed by atoms with Crippen LogP contribution in [0, 0.1) is 6.92 Å². The van der Waals surface area contributed by atoms with Crippen LogP contribution in [0.5, 0.6) is 5.75 Å². The van der Waals surface area contributed by atoms with Crippen molar-refractivity contribution in [2.75, 3.05) is 11.9 Å². The molecule has 0 radical (unpaired) electrons. The van der Waals surface area contributed by atoms with Crippen molar-refractivity contribution in [2.45, 2.75) is 6.92 Å². The number of carbonyl (C=O) groups excluding carboxylic acids is 2. The fourth-order valence-electron chi connectivity index (χ4n) is 2.00. The SMILES string of the molecule is Cc1cc(Br)cc(Br)c1OCC(=O)NC(=S)NNC(=O)Nc1ccccc1. The lowest BCUT2D eigenvalue weighted by Gasteiger charge is -2.13. The molecule has 4 N–H and O–H groups in total. The number of nitrogens with one attached hydrogen (secondary N) is 4. The van der Waals surface area contributed by atoms with Crippen LogP contribution in [0.3, 0.4) is 0 Å². The zero-order valence-corrected chi connectivity index (χ0v) is 18.1. The molecule has 0 saturated carbocycles. The van der Waals surface area contributed by atoms with Crippen molar-refractivity contribution >= 4 is 66.8 Å². The van der Waals surface area contributed by atoms with E-state index in [9.17, 15) is 9.59 Å². The number of ether oxygens (including phenoxy) is 1. The molecule has 0 saturated heterocycles. The second kappa shape index (κ2) is 10.2. The van der Waals surface area contributed by atoms with Gasteiger partial charge in [-0.05, 0) is 64.9 Å². The van der Waals surface area contributed by atoms with Crippen LogP contribution in [0.25, 0.3) is 0 Å². The van der Waals surface area contributed by atoms with Crippen LogP contribution >= 0.6 is 44.1 Å². The molecule has 2 aromatic rings. The van der Waals surface area contributed by atoms with Crippen molar-refractivity contribution in [3.8, 4) is 5.75 Å². The minimum Gasteiger partial charge on any atom is -0.482 e. The first-order chi connectivity index (χ1) is 12.8. The molecule has 142 valence electrons. The molecule has 0 heterocycles. The molecule has 0 aliphatic heterocycles. The summed E-state index contributed by atoms with van der Waals surface area (Å²) in [5, 5.41) is 4.95. The van der Waals surface area contributed by atoms with Gasteiger partial charge in [0.15, 0.2) is 11.7 Å². The van der Waals surface area contributed by atoms with Gasteiger partial charge < -0.3 is 10.1 Å². The summed E-state index contributed by atoms with van der Waals surface area (Å²) in [4.78, 5) is 23.7. The maximum absolute atomic E-state index is 11.9. The van der Waals surface area contributed by atoms with E-state index >= 15 is 0 Å². The molecule has 0 aromatic heterocycles. The van der Waals surface area contributed by atoms with Crippen molar-refractivity contribution in [2.24, 2.45) is 0 Å². The average molecular weight is 516 g/mol. The largest absolute Gasteiger partial charge is 0.482 e. The molecule has 2 rings (SSSR count). The van der Waals surface area contributed by atoms with Crippen molar-refractivity contribution in [1.29, 1.82) is 0 Å². The second-order valence-electron chi connectivity index (χ2n) is 5.27. The van der Waals surface area contributed by atoms with Crippen molar-refractivity contribution < 1.29 is 14.3 Å². The zero-order valence-electron chi connectivity index (χ0n) is 14.1. The molecule has 0 aliphatic carbocycles. The lowest BCUT2D eigenvalue weighted by molar-refractivity contribution is -0.121. The number of hydrogen-bond donors (Lipinski definition) is 4. The van der Waals surface area contributed by atoms with Gasteiger partial charge in [-0.15, -0.1) is 0 Å². The monoisotopic (exact) mass is 514 g/mol. The number of urea groups is 1. The second-order valence-corrected chi connectivity index (χ2v) is 7.45. The van der Waals surface area contributed by atoms with Gasteiger partial charge in [0.05, 0.1) is 4.47 Å². The maximum atomic E-state index is 11.9. The molecule has 0 fully saturated rings. The highest BCUT2D eigenvalue weighted by Gasteiger charge is 2.11. The van der Waals surface area contributed by atoms with E-state index in [0.29, 0.717) is 11.4 Å². The van der Waals surface area contributed by atoms with Gasteiger partial charge in [-0.3, -0.25) is 15.5 Å². The third-order valence-electron chi connectivity index (χ3n) is 3.12. The van der Waals surface area contributed by atoms with Crippen LogP contribution in [-0.4, -0.2) is 23.7 Å². The Balaban J connectivity index is 1.74. The summed E-state index contributed by atoms with van der Waals surface area (Å²) >= 11 is 11.7. The molecular weight excluding hydrogens is 500 g/mol. The zero-order chi connectivity index (χ0) is 19.8. The molecule has 3 amide bonds. The van der Waals surface area contributed by atoms with E-state index in [0.717, 1.165) is 14.5 Å². The van der Waals surface area contributed by atoms with Crippen LogP contribution in [0.1, 0.15) is 5.56 Å². The van der Waals surface area contributed by atoms with Gasteiger partial charge >= 0.3 is 6.03 Å². The highest BCUT2D eigenvalue weighted by molar-refractivity contribution is 9.11. The molecule has 0 unspecified atom stereocenters. The first-order valence-electron chi connectivity index (χ1n) is 7.65. The minimum absolute atomic E-state index is 0.0570. The average Bonchev–Trinajstić information content (AvgIpc) is 2.60. The topological polar surface area (TPSA) is 91.5 Å². The van der Waals surface area contributed by atoms with Gasteiger partial charge in [-0.2, -0.15) is 0 Å². The summed E-state index contributed by atoms with van der Waals surface area (Å²) in [5.74, 6) is 0.0968. The van der Waals surface area contributed by atoms with E-state index in [2.05, 4.69) is 53.3 Å². The minimum atomic E-state index is -0.525. The summed E-state index contributed by atoms with van der Waals surface area (Å²) in [6, 6.07) is 12.1. The molecule has 2 aromatic carbocycles. The Morgan fingerprint density at radius 2 is 1.81 bits per heavy atom. The van der Waals surface area contributed by atoms with E-state index in [4.69, 9.17) is 17.0 Å². The maximum Gasteiger partial charge on any atom is 0.337 e. The van der Waals surface area contributed by atoms with Gasteiger partial charge in [0.2, 0.25) is 0 Å². The number of aryl methyl sites for hydroxylation is 1. The van der Waals surface area contributed by atoms with Crippen molar-refractivity contribution in [3.05, 3.63) is 57.0 Å². The fraction of sp³-hybridized carbons (Fsp3) is 0.118. The summed E-state index contributed by atoms with van der Waals surface area (Å²) in [6.45, 7) is 1.63. The summed E-state index contributed by atoms with van der Waals surface area (Å²) in [5.41, 5.74) is 6.24. The molecule has 0 spiro atoms. The highest BCUT2D eigenvalue weighted by Crippen LogP contribution is 2.32. The molecule has 7 nitrogen and oxygen atoms in total. The molecular formula is C17H16Br2N4O3S. The smallest absolute Gasteiger partial charge is 0.337 e. The normalized spacial score (nSPS) is 9.89. The predicted molar refractivity (Wildman–Crippen MR) is 115 cm³/mol. The molecule has 0 bridgehead atoms. The van der Waals surface area contributed by atoms with Crippen LogP contribution in [-0.2, 0) is 4.79 Å². The van der Waals surface area contributed by atoms with E-state index in [1.165, 1.54) is 0 Å². The standard InChI is InChI=1S/C17H16Br2N4O3S/c1-10-7-11(18)8-13(19)15(10)26-9-14(24)21-17(27)23-22-16(25)20-12-5-3-2-4-6-12/h2-8H,9H2,1H3,(H2,20,22,25)(H2,21,23,24,27). The third kappa shape index (κ3) is 7.16. The summed E-state index contributed by atoms with van der Waals surface area (Å²) < 4.78 is 7.14. The van der Waals surface area contributed by atoms with E-state index in [1.807, 2.05) is 25.1 Å². The Morgan fingerprint density at radius 3 is 2.48 bits per heavy atom. The number of hydrogen-bond acceptors (Lipinski definition) is 4. The van der Waals surface area contributed by atoms with Crippen LogP contribution in [0.15, 0.2) is 51.4 Å². The Morgan fingerprint density at radius 1 is 1.11 bits per heavy atom. The van der Waals surface area contributed by atoms with Gasteiger partial charge in [0.1, 0.15) is 5.75 Å². The predicted octanol–water partition coefficient (Wildman–Crippen LogP) is 3.63. The highest BCUT2D eigenvalue weighted by atomic mass is 79.9. The van der Waals surface area contributed by atoms with Crippen LogP contribution in [0.2, 0.25) is 0 Å². The number of para-hydroxylation sites is 1.